The molecule has 1 aromatic carbocycles. The predicted molar refractivity (Wildman–Crippen MR) is 133 cm³/mol. The molecule has 0 radical (unpaired) electrons. The Morgan fingerprint density at radius 1 is 1.18 bits per heavy atom. The highest BCUT2D eigenvalue weighted by Gasteiger charge is 2.24. The summed E-state index contributed by atoms with van der Waals surface area (Å²) in [6.07, 6.45) is 3.29. The highest BCUT2D eigenvalue weighted by molar-refractivity contribution is 8.00. The summed E-state index contributed by atoms with van der Waals surface area (Å²) >= 11 is 2.48. The van der Waals surface area contributed by atoms with Gasteiger partial charge in [0.15, 0.2) is 5.82 Å². The van der Waals surface area contributed by atoms with Gasteiger partial charge in [-0.15, -0.1) is 21.5 Å². The van der Waals surface area contributed by atoms with Crippen molar-refractivity contribution in [3.63, 3.8) is 0 Å². The zero-order valence-electron chi connectivity index (χ0n) is 18.5. The number of hydrogen-bond donors (Lipinski definition) is 2. The summed E-state index contributed by atoms with van der Waals surface area (Å²) in [6.45, 7) is 3.71. The van der Waals surface area contributed by atoms with Gasteiger partial charge in [0.2, 0.25) is 11.1 Å². The third-order valence-corrected chi connectivity index (χ3v) is 6.91. The van der Waals surface area contributed by atoms with E-state index < -0.39 is 11.2 Å². The van der Waals surface area contributed by atoms with E-state index >= 15 is 0 Å². The number of rotatable bonds is 8. The number of thioether (sulfide) groups is 1. The van der Waals surface area contributed by atoms with Gasteiger partial charge < -0.3 is 15.9 Å². The highest BCUT2D eigenvalue weighted by atomic mass is 32.2. The minimum atomic E-state index is -0.564. The largest absolute Gasteiger partial charge is 0.462 e. The van der Waals surface area contributed by atoms with Crippen LogP contribution in [0.2, 0.25) is 0 Å². The van der Waals surface area contributed by atoms with Crippen LogP contribution in [0.1, 0.15) is 24.2 Å². The van der Waals surface area contributed by atoms with Crippen molar-refractivity contribution in [1.82, 2.24) is 19.9 Å². The van der Waals surface area contributed by atoms with Crippen molar-refractivity contribution >= 4 is 40.0 Å². The molecule has 174 valence electrons. The summed E-state index contributed by atoms with van der Waals surface area (Å²) in [5.41, 5.74) is 1.98. The molecule has 3 aromatic heterocycles. The lowest BCUT2D eigenvalue weighted by Gasteiger charge is -2.11. The number of nitrogen functional groups attached to an aromatic ring is 1. The van der Waals surface area contributed by atoms with E-state index in [1.54, 1.807) is 38.4 Å². The van der Waals surface area contributed by atoms with Gasteiger partial charge in [-0.05, 0) is 37.6 Å². The summed E-state index contributed by atoms with van der Waals surface area (Å²) < 4.78 is 6.51. The van der Waals surface area contributed by atoms with E-state index in [0.29, 0.717) is 27.1 Å². The van der Waals surface area contributed by atoms with Crippen LogP contribution in [0, 0.1) is 0 Å². The highest BCUT2D eigenvalue weighted by Crippen LogP contribution is 2.36. The monoisotopic (exact) mass is 494 g/mol. The first-order valence-electron chi connectivity index (χ1n) is 10.4. The number of carbonyl (C=O) groups excluding carboxylic acids is 2. The lowest BCUT2D eigenvalue weighted by molar-refractivity contribution is -0.115. The average molecular weight is 495 g/mol. The van der Waals surface area contributed by atoms with Gasteiger partial charge in [-0.3, -0.25) is 9.78 Å². The maximum atomic E-state index is 13.0. The Kier molecular flexibility index (Phi) is 7.24. The molecule has 11 heteroatoms. The SMILES string of the molecule is CCOC(=O)c1cc(-c2ccccc2)sc1NC(=O)[C@@H](C)Sc1nnc(-c2cccnc2)n1N. The summed E-state index contributed by atoms with van der Waals surface area (Å²) in [5, 5.41) is 11.3. The Balaban J connectivity index is 1.52. The Morgan fingerprint density at radius 3 is 2.65 bits per heavy atom. The zero-order valence-corrected chi connectivity index (χ0v) is 20.1. The topological polar surface area (TPSA) is 125 Å². The van der Waals surface area contributed by atoms with Gasteiger partial charge in [-0.1, -0.05) is 42.1 Å². The Hall–Kier alpha value is -3.70. The molecule has 1 atom stereocenters. The number of nitrogens with two attached hydrogens (primary N) is 1. The summed E-state index contributed by atoms with van der Waals surface area (Å²) in [7, 11) is 0. The number of ether oxygens (including phenoxy) is 1. The fourth-order valence-electron chi connectivity index (χ4n) is 3.06. The van der Waals surface area contributed by atoms with E-state index in [1.807, 2.05) is 36.4 Å². The number of aromatic nitrogens is 4. The number of hydrogen-bond acceptors (Lipinski definition) is 9. The van der Waals surface area contributed by atoms with E-state index in [4.69, 9.17) is 10.6 Å². The van der Waals surface area contributed by atoms with E-state index in [9.17, 15) is 9.59 Å². The van der Waals surface area contributed by atoms with Gasteiger partial charge in [0, 0.05) is 22.8 Å². The molecule has 0 unspecified atom stereocenters. The second-order valence-electron chi connectivity index (χ2n) is 7.11. The molecular formula is C23H22N6O3S2. The van der Waals surface area contributed by atoms with Gasteiger partial charge in [0.1, 0.15) is 5.00 Å². The summed E-state index contributed by atoms with van der Waals surface area (Å²) in [4.78, 5) is 30.4. The van der Waals surface area contributed by atoms with E-state index in [1.165, 1.54) is 16.0 Å². The molecule has 34 heavy (non-hydrogen) atoms. The van der Waals surface area contributed by atoms with Crippen molar-refractivity contribution in [1.29, 1.82) is 0 Å². The first-order chi connectivity index (χ1) is 16.5. The molecule has 4 rings (SSSR count). The molecule has 0 spiro atoms. The first-order valence-corrected chi connectivity index (χ1v) is 12.1. The summed E-state index contributed by atoms with van der Waals surface area (Å²) in [6, 6.07) is 15.0. The molecular weight excluding hydrogens is 472 g/mol. The molecule has 0 aliphatic carbocycles. The van der Waals surface area contributed by atoms with Crippen LogP contribution in [0.15, 0.2) is 66.1 Å². The number of thiophene rings is 1. The number of carbonyl (C=O) groups is 2. The molecule has 0 bridgehead atoms. The second-order valence-corrected chi connectivity index (χ2v) is 9.47. The van der Waals surface area contributed by atoms with Crippen molar-refractivity contribution in [2.75, 3.05) is 17.8 Å². The van der Waals surface area contributed by atoms with Gasteiger partial charge in [-0.2, -0.15) is 0 Å². The van der Waals surface area contributed by atoms with Gasteiger partial charge in [0.05, 0.1) is 17.4 Å². The Morgan fingerprint density at radius 2 is 1.94 bits per heavy atom. The molecule has 3 heterocycles. The second kappa shape index (κ2) is 10.5. The minimum absolute atomic E-state index is 0.237. The molecule has 1 amide bonds. The molecule has 0 aliphatic rings. The zero-order chi connectivity index (χ0) is 24.1. The smallest absolute Gasteiger partial charge is 0.341 e. The van der Waals surface area contributed by atoms with E-state index in [0.717, 1.165) is 22.2 Å². The predicted octanol–water partition coefficient (Wildman–Crippen LogP) is 4.08. The van der Waals surface area contributed by atoms with Crippen LogP contribution in [-0.4, -0.2) is 43.6 Å². The molecule has 0 fully saturated rings. The van der Waals surface area contributed by atoms with E-state index in [-0.39, 0.29) is 12.5 Å². The van der Waals surface area contributed by atoms with Crippen LogP contribution in [-0.2, 0) is 9.53 Å². The molecule has 4 aromatic rings. The van der Waals surface area contributed by atoms with Crippen LogP contribution in [0.4, 0.5) is 5.00 Å². The number of nitrogens with one attached hydrogen (secondary N) is 1. The number of anilines is 1. The standard InChI is InChI=1S/C23H22N6O3S2/c1-3-32-22(31)17-12-18(15-8-5-4-6-9-15)34-21(17)26-20(30)14(2)33-23-28-27-19(29(23)24)16-10-7-11-25-13-16/h4-14H,3,24H2,1-2H3,(H,26,30)/t14-/m1/s1. The van der Waals surface area contributed by atoms with Gasteiger partial charge >= 0.3 is 5.97 Å². The number of amides is 1. The number of pyridine rings is 1. The van der Waals surface area contributed by atoms with Crippen LogP contribution < -0.4 is 11.2 Å². The first kappa shape index (κ1) is 23.5. The third-order valence-electron chi connectivity index (χ3n) is 4.76. The van der Waals surface area contributed by atoms with Gasteiger partial charge in [0.25, 0.3) is 0 Å². The van der Waals surface area contributed by atoms with Crippen molar-refractivity contribution in [3.05, 3.63) is 66.5 Å². The van der Waals surface area contributed by atoms with Crippen LogP contribution in [0.5, 0.6) is 0 Å². The van der Waals surface area contributed by atoms with Crippen molar-refractivity contribution in [3.8, 4) is 21.8 Å². The van der Waals surface area contributed by atoms with Crippen molar-refractivity contribution in [2.45, 2.75) is 24.3 Å². The maximum Gasteiger partial charge on any atom is 0.341 e. The van der Waals surface area contributed by atoms with Crippen LogP contribution >= 0.6 is 23.1 Å². The molecule has 0 saturated heterocycles. The lowest BCUT2D eigenvalue weighted by Crippen LogP contribution is -2.24. The molecule has 0 saturated carbocycles. The van der Waals surface area contributed by atoms with Crippen molar-refractivity contribution in [2.24, 2.45) is 0 Å². The Bertz CT molecular complexity index is 1290. The quantitative estimate of drug-likeness (QED) is 0.213. The minimum Gasteiger partial charge on any atom is -0.462 e. The summed E-state index contributed by atoms with van der Waals surface area (Å²) in [5.74, 6) is 5.81. The third kappa shape index (κ3) is 5.10. The lowest BCUT2D eigenvalue weighted by atomic mass is 10.1. The fraction of sp³-hybridized carbons (Fsp3) is 0.174. The maximum absolute atomic E-state index is 13.0. The molecule has 3 N–H and O–H groups in total. The molecule has 0 aliphatic heterocycles. The normalized spacial score (nSPS) is 11.7. The Labute approximate surface area is 204 Å². The van der Waals surface area contributed by atoms with Crippen molar-refractivity contribution < 1.29 is 14.3 Å². The average Bonchev–Trinajstić information content (AvgIpc) is 3.44. The fourth-order valence-corrected chi connectivity index (χ4v) is 4.89. The number of benzene rings is 1. The molecule has 9 nitrogen and oxygen atoms in total. The number of nitrogens with zero attached hydrogens (tertiary/aromatic N) is 4. The van der Waals surface area contributed by atoms with E-state index in [2.05, 4.69) is 20.5 Å². The van der Waals surface area contributed by atoms with Gasteiger partial charge in [-0.25, -0.2) is 9.47 Å². The number of esters is 1. The van der Waals surface area contributed by atoms with Crippen LogP contribution in [0.25, 0.3) is 21.8 Å². The van der Waals surface area contributed by atoms with Crippen LogP contribution in [0.3, 0.4) is 0 Å².